The van der Waals surface area contributed by atoms with E-state index in [0.717, 1.165) is 21.7 Å². The molecule has 21 heavy (non-hydrogen) atoms. The lowest BCUT2D eigenvalue weighted by Crippen LogP contribution is -2.09. The van der Waals surface area contributed by atoms with Gasteiger partial charge in [0.05, 0.1) is 5.56 Å². The maximum atomic E-state index is 12.9. The number of halogens is 4. The number of hydrogen-bond donors (Lipinski definition) is 1. The van der Waals surface area contributed by atoms with Gasteiger partial charge in [-0.15, -0.1) is 0 Å². The Morgan fingerprint density at radius 2 is 1.76 bits per heavy atom. The van der Waals surface area contributed by atoms with Crippen molar-refractivity contribution in [3.63, 3.8) is 0 Å². The lowest BCUT2D eigenvalue weighted by atomic mass is 10.1. The van der Waals surface area contributed by atoms with E-state index in [2.05, 4.69) is 21.2 Å². The highest BCUT2D eigenvalue weighted by Gasteiger charge is 2.32. The van der Waals surface area contributed by atoms with Gasteiger partial charge < -0.3 is 5.32 Å². The summed E-state index contributed by atoms with van der Waals surface area (Å²) in [5.74, 6) is 0. The van der Waals surface area contributed by atoms with Crippen LogP contribution in [0.2, 0.25) is 0 Å². The molecule has 2 aromatic rings. The van der Waals surface area contributed by atoms with E-state index in [-0.39, 0.29) is 5.56 Å². The van der Waals surface area contributed by atoms with Crippen LogP contribution in [0.5, 0.6) is 0 Å². The van der Waals surface area contributed by atoms with Crippen molar-refractivity contribution in [3.8, 4) is 0 Å². The molecule has 0 amide bonds. The molecule has 0 fully saturated rings. The van der Waals surface area contributed by atoms with Gasteiger partial charge in [-0.1, -0.05) is 34.1 Å². The highest BCUT2D eigenvalue weighted by atomic mass is 79.9. The molecular weight excluding hydrogens is 343 g/mol. The number of hydrogen-bond acceptors (Lipinski definition) is 1. The Kier molecular flexibility index (Phi) is 4.61. The fourth-order valence-corrected chi connectivity index (χ4v) is 2.66. The zero-order valence-corrected chi connectivity index (χ0v) is 13.3. The molecule has 2 rings (SSSR count). The van der Waals surface area contributed by atoms with Crippen molar-refractivity contribution in [2.24, 2.45) is 0 Å². The van der Waals surface area contributed by atoms with Gasteiger partial charge in [0.25, 0.3) is 0 Å². The fourth-order valence-electron chi connectivity index (χ4n) is 2.03. The molecule has 0 saturated heterocycles. The van der Waals surface area contributed by atoms with Gasteiger partial charge in [-0.05, 0) is 48.7 Å². The molecule has 0 radical (unpaired) electrons. The Balaban J connectivity index is 2.17. The Bertz CT molecular complexity index is 650. The van der Waals surface area contributed by atoms with Crippen LogP contribution in [0.25, 0.3) is 0 Å². The molecule has 2 aromatic carbocycles. The van der Waals surface area contributed by atoms with Gasteiger partial charge in [-0.25, -0.2) is 0 Å². The standard InChI is InChI=1S/C16H15BrF3N/c1-10-3-5-12(15(17)7-10)9-21-13-6-4-11(2)14(8-13)16(18,19)20/h3-8,21H,9H2,1-2H3. The van der Waals surface area contributed by atoms with Gasteiger partial charge in [0.15, 0.2) is 0 Å². The van der Waals surface area contributed by atoms with Crippen LogP contribution < -0.4 is 5.32 Å². The van der Waals surface area contributed by atoms with E-state index >= 15 is 0 Å². The second-order valence-corrected chi connectivity index (χ2v) is 5.83. The van der Waals surface area contributed by atoms with Crippen LogP contribution in [-0.4, -0.2) is 0 Å². The van der Waals surface area contributed by atoms with E-state index < -0.39 is 11.7 Å². The van der Waals surface area contributed by atoms with Crippen molar-refractivity contribution in [2.45, 2.75) is 26.6 Å². The van der Waals surface area contributed by atoms with Crippen molar-refractivity contribution in [3.05, 3.63) is 63.1 Å². The summed E-state index contributed by atoms with van der Waals surface area (Å²) in [5.41, 5.74) is 2.20. The molecule has 1 N–H and O–H groups in total. The molecule has 0 bridgehead atoms. The van der Waals surface area contributed by atoms with Gasteiger partial charge >= 0.3 is 6.18 Å². The third-order valence-corrected chi connectivity index (χ3v) is 3.97. The highest BCUT2D eigenvalue weighted by molar-refractivity contribution is 9.10. The summed E-state index contributed by atoms with van der Waals surface area (Å²) in [6.45, 7) is 3.90. The summed E-state index contributed by atoms with van der Waals surface area (Å²) in [4.78, 5) is 0. The zero-order chi connectivity index (χ0) is 15.6. The van der Waals surface area contributed by atoms with Crippen LogP contribution in [0, 0.1) is 13.8 Å². The fraction of sp³-hybridized carbons (Fsp3) is 0.250. The lowest BCUT2D eigenvalue weighted by molar-refractivity contribution is -0.138. The van der Waals surface area contributed by atoms with Crippen LogP contribution in [0.1, 0.15) is 22.3 Å². The third-order valence-electron chi connectivity index (χ3n) is 3.23. The second kappa shape index (κ2) is 6.10. The van der Waals surface area contributed by atoms with E-state index in [1.54, 1.807) is 6.07 Å². The molecule has 112 valence electrons. The summed E-state index contributed by atoms with van der Waals surface area (Å²) in [7, 11) is 0. The quantitative estimate of drug-likeness (QED) is 0.743. The molecule has 0 atom stereocenters. The predicted molar refractivity (Wildman–Crippen MR) is 82.4 cm³/mol. The van der Waals surface area contributed by atoms with Gasteiger partial charge in [-0.3, -0.25) is 0 Å². The highest BCUT2D eigenvalue weighted by Crippen LogP contribution is 2.33. The van der Waals surface area contributed by atoms with Crippen molar-refractivity contribution < 1.29 is 13.2 Å². The summed E-state index contributed by atoms with van der Waals surface area (Å²) >= 11 is 3.46. The topological polar surface area (TPSA) is 12.0 Å². The first-order chi connectivity index (χ1) is 9.77. The molecule has 0 saturated carbocycles. The van der Waals surface area contributed by atoms with Gasteiger partial charge in [0, 0.05) is 16.7 Å². The Hall–Kier alpha value is -1.49. The number of rotatable bonds is 3. The molecule has 0 unspecified atom stereocenters. The minimum absolute atomic E-state index is 0.226. The third kappa shape index (κ3) is 4.00. The number of alkyl halides is 3. The molecule has 0 aromatic heterocycles. The number of benzene rings is 2. The van der Waals surface area contributed by atoms with Crippen LogP contribution >= 0.6 is 15.9 Å². The largest absolute Gasteiger partial charge is 0.416 e. The summed E-state index contributed by atoms with van der Waals surface area (Å²) in [5, 5.41) is 3.03. The summed E-state index contributed by atoms with van der Waals surface area (Å²) < 4.78 is 39.5. The minimum atomic E-state index is -4.33. The maximum Gasteiger partial charge on any atom is 0.416 e. The Morgan fingerprint density at radius 1 is 1.05 bits per heavy atom. The lowest BCUT2D eigenvalue weighted by Gasteiger charge is -2.14. The van der Waals surface area contributed by atoms with Crippen LogP contribution in [0.15, 0.2) is 40.9 Å². The first-order valence-electron chi connectivity index (χ1n) is 6.44. The van der Waals surface area contributed by atoms with Crippen molar-refractivity contribution in [1.29, 1.82) is 0 Å². The smallest absolute Gasteiger partial charge is 0.381 e. The van der Waals surface area contributed by atoms with Crippen LogP contribution in [-0.2, 0) is 12.7 Å². The average molecular weight is 358 g/mol. The molecule has 1 nitrogen and oxygen atoms in total. The zero-order valence-electron chi connectivity index (χ0n) is 11.7. The molecule has 0 heterocycles. The molecule has 0 aliphatic carbocycles. The molecule has 0 spiro atoms. The predicted octanol–water partition coefficient (Wildman–Crippen LogP) is 5.70. The van der Waals surface area contributed by atoms with E-state index in [9.17, 15) is 13.2 Å². The summed E-state index contributed by atoms with van der Waals surface area (Å²) in [6, 6.07) is 10.2. The van der Waals surface area contributed by atoms with E-state index in [1.165, 1.54) is 13.0 Å². The normalized spacial score (nSPS) is 11.5. The van der Waals surface area contributed by atoms with Crippen molar-refractivity contribution in [1.82, 2.24) is 0 Å². The molecule has 5 heteroatoms. The molecule has 0 aliphatic rings. The number of aryl methyl sites for hydroxylation is 2. The van der Waals surface area contributed by atoms with Crippen LogP contribution in [0.3, 0.4) is 0 Å². The minimum Gasteiger partial charge on any atom is -0.381 e. The van der Waals surface area contributed by atoms with Crippen molar-refractivity contribution >= 4 is 21.6 Å². The Labute approximate surface area is 130 Å². The number of anilines is 1. The Morgan fingerprint density at radius 3 is 2.38 bits per heavy atom. The molecule has 0 aliphatic heterocycles. The monoisotopic (exact) mass is 357 g/mol. The van der Waals surface area contributed by atoms with Gasteiger partial charge in [-0.2, -0.15) is 13.2 Å². The average Bonchev–Trinajstić information content (AvgIpc) is 2.38. The molecular formula is C16H15BrF3N. The van der Waals surface area contributed by atoms with E-state index in [1.807, 2.05) is 25.1 Å². The first kappa shape index (κ1) is 15.9. The van der Waals surface area contributed by atoms with Gasteiger partial charge in [0.2, 0.25) is 0 Å². The van der Waals surface area contributed by atoms with E-state index in [0.29, 0.717) is 12.2 Å². The van der Waals surface area contributed by atoms with Gasteiger partial charge in [0.1, 0.15) is 0 Å². The van der Waals surface area contributed by atoms with Crippen LogP contribution in [0.4, 0.5) is 18.9 Å². The second-order valence-electron chi connectivity index (χ2n) is 4.98. The van der Waals surface area contributed by atoms with Crippen molar-refractivity contribution in [2.75, 3.05) is 5.32 Å². The SMILES string of the molecule is Cc1ccc(CNc2ccc(C)c(C(F)(F)F)c2)c(Br)c1. The maximum absolute atomic E-state index is 12.9. The summed E-state index contributed by atoms with van der Waals surface area (Å²) in [6.07, 6.45) is -4.33. The number of nitrogens with one attached hydrogen (secondary N) is 1. The van der Waals surface area contributed by atoms with E-state index in [4.69, 9.17) is 0 Å². The first-order valence-corrected chi connectivity index (χ1v) is 7.23.